The van der Waals surface area contributed by atoms with Gasteiger partial charge in [-0.25, -0.2) is 0 Å². The fraction of sp³-hybridized carbons (Fsp3) is 0.226. The second kappa shape index (κ2) is 9.27. The van der Waals surface area contributed by atoms with E-state index in [4.69, 9.17) is 4.74 Å². The Kier molecular flexibility index (Phi) is 6.01. The summed E-state index contributed by atoms with van der Waals surface area (Å²) in [5, 5.41) is 12.5. The fourth-order valence-electron chi connectivity index (χ4n) is 5.18. The van der Waals surface area contributed by atoms with Crippen LogP contribution < -0.4 is 4.74 Å². The number of carbonyl (C=O) groups excluding carboxylic acids is 1. The number of rotatable bonds is 5. The molecule has 0 aromatic heterocycles. The van der Waals surface area contributed by atoms with E-state index in [1.165, 1.54) is 5.56 Å². The molecule has 4 nitrogen and oxygen atoms in total. The first kappa shape index (κ1) is 22.7. The van der Waals surface area contributed by atoms with Crippen LogP contribution in [0.5, 0.6) is 5.75 Å². The summed E-state index contributed by atoms with van der Waals surface area (Å²) < 4.78 is 5.66. The fourth-order valence-corrected chi connectivity index (χ4v) is 5.18. The van der Waals surface area contributed by atoms with E-state index >= 15 is 0 Å². The molecule has 1 aliphatic rings. The number of nitrogens with zero attached hydrogens (tertiary/aromatic N) is 2. The van der Waals surface area contributed by atoms with E-state index < -0.39 is 5.41 Å². The maximum absolute atomic E-state index is 13.9. The Labute approximate surface area is 206 Å². The Balaban J connectivity index is 1.58. The van der Waals surface area contributed by atoms with Gasteiger partial charge in [0, 0.05) is 25.1 Å². The number of carbonyl (C=O) groups is 1. The molecule has 0 spiro atoms. The van der Waals surface area contributed by atoms with Crippen LogP contribution in [0.1, 0.15) is 23.6 Å². The third-order valence-electron chi connectivity index (χ3n) is 7.10. The Morgan fingerprint density at radius 1 is 0.943 bits per heavy atom. The van der Waals surface area contributed by atoms with Gasteiger partial charge < -0.3 is 9.64 Å². The summed E-state index contributed by atoms with van der Waals surface area (Å²) in [5.41, 5.74) is 4.17. The first-order valence-corrected chi connectivity index (χ1v) is 12.0. The summed E-state index contributed by atoms with van der Waals surface area (Å²) in [6, 6.07) is 30.9. The van der Waals surface area contributed by atoms with Crippen molar-refractivity contribution < 1.29 is 9.53 Å². The summed E-state index contributed by atoms with van der Waals surface area (Å²) >= 11 is 0. The normalized spacial score (nSPS) is 14.6. The van der Waals surface area contributed by atoms with Gasteiger partial charge in [0.05, 0.1) is 13.2 Å². The minimum atomic E-state index is -1.20. The zero-order chi connectivity index (χ0) is 24.4. The molecule has 1 amide bonds. The average Bonchev–Trinajstić information content (AvgIpc) is 2.92. The highest BCUT2D eigenvalue weighted by atomic mass is 16.5. The molecule has 0 bridgehead atoms. The zero-order valence-corrected chi connectivity index (χ0v) is 20.1. The molecule has 1 heterocycles. The highest BCUT2D eigenvalue weighted by molar-refractivity contribution is 5.94. The van der Waals surface area contributed by atoms with Crippen LogP contribution in [0.3, 0.4) is 0 Å². The van der Waals surface area contributed by atoms with E-state index in [-0.39, 0.29) is 5.91 Å². The SMILES string of the molecule is COc1ccccc1-c1ccc2ccccc2c1CC(C)(C#N)C(=O)N1CCc2ccccc2C1. The van der Waals surface area contributed by atoms with E-state index in [1.54, 1.807) is 14.0 Å². The second-order valence-electron chi connectivity index (χ2n) is 9.38. The first-order valence-electron chi connectivity index (χ1n) is 12.0. The van der Waals surface area contributed by atoms with E-state index in [0.29, 0.717) is 19.5 Å². The third-order valence-corrected chi connectivity index (χ3v) is 7.10. The number of amides is 1. The molecule has 35 heavy (non-hydrogen) atoms. The molecule has 0 aliphatic carbocycles. The van der Waals surface area contributed by atoms with Crippen molar-refractivity contribution in [3.8, 4) is 22.9 Å². The molecule has 1 unspecified atom stereocenters. The second-order valence-corrected chi connectivity index (χ2v) is 9.38. The van der Waals surface area contributed by atoms with Crippen molar-refractivity contribution in [2.45, 2.75) is 26.3 Å². The van der Waals surface area contributed by atoms with Gasteiger partial charge in [-0.2, -0.15) is 5.26 Å². The predicted octanol–water partition coefficient (Wildman–Crippen LogP) is 6.17. The number of hydrogen-bond acceptors (Lipinski definition) is 3. The summed E-state index contributed by atoms with van der Waals surface area (Å²) in [7, 11) is 1.66. The topological polar surface area (TPSA) is 53.3 Å². The molecule has 0 N–H and O–H groups in total. The maximum Gasteiger partial charge on any atom is 0.243 e. The standard InChI is InChI=1S/C31H28N2O2/c1-31(21-32,30(34)33-18-17-22-9-3-4-11-24(22)20-33)19-28-25-12-6-5-10-23(25)15-16-26(28)27-13-7-8-14-29(27)35-2/h3-16H,17-20H2,1-2H3. The van der Waals surface area contributed by atoms with Crippen LogP contribution in [-0.4, -0.2) is 24.5 Å². The Hall–Kier alpha value is -4.10. The van der Waals surface area contributed by atoms with E-state index in [2.05, 4.69) is 42.5 Å². The highest BCUT2D eigenvalue weighted by Gasteiger charge is 2.39. The number of fused-ring (bicyclic) bond motifs is 2. The molecule has 4 aromatic carbocycles. The molecule has 0 saturated carbocycles. The number of hydrogen-bond donors (Lipinski definition) is 0. The third kappa shape index (κ3) is 4.15. The van der Waals surface area contributed by atoms with E-state index in [9.17, 15) is 10.1 Å². The smallest absolute Gasteiger partial charge is 0.243 e. The summed E-state index contributed by atoms with van der Waals surface area (Å²) in [5.74, 6) is 0.648. The van der Waals surface area contributed by atoms with Gasteiger partial charge in [0.2, 0.25) is 5.91 Å². The lowest BCUT2D eigenvalue weighted by molar-refractivity contribution is -0.139. The van der Waals surface area contributed by atoms with Gasteiger partial charge in [0.25, 0.3) is 0 Å². The van der Waals surface area contributed by atoms with E-state index in [1.807, 2.05) is 53.4 Å². The van der Waals surface area contributed by atoms with Crippen molar-refractivity contribution in [1.82, 2.24) is 4.90 Å². The Bertz CT molecular complexity index is 1450. The zero-order valence-electron chi connectivity index (χ0n) is 20.1. The molecule has 174 valence electrons. The van der Waals surface area contributed by atoms with Gasteiger partial charge in [-0.3, -0.25) is 4.79 Å². The molecule has 0 fully saturated rings. The number of nitriles is 1. The van der Waals surface area contributed by atoms with Crippen molar-refractivity contribution in [1.29, 1.82) is 5.26 Å². The minimum absolute atomic E-state index is 0.117. The van der Waals surface area contributed by atoms with Crippen LogP contribution in [0.4, 0.5) is 0 Å². The van der Waals surface area contributed by atoms with E-state index in [0.717, 1.165) is 45.2 Å². The van der Waals surface area contributed by atoms with Gasteiger partial charge in [-0.1, -0.05) is 78.9 Å². The molecule has 5 rings (SSSR count). The van der Waals surface area contributed by atoms with Crippen molar-refractivity contribution in [3.63, 3.8) is 0 Å². The summed E-state index contributed by atoms with van der Waals surface area (Å²) in [6.07, 6.45) is 1.12. The van der Waals surface area contributed by atoms with Gasteiger partial charge in [0.1, 0.15) is 11.2 Å². The molecule has 0 radical (unpaired) electrons. The predicted molar refractivity (Wildman–Crippen MR) is 139 cm³/mol. The van der Waals surface area contributed by atoms with Gasteiger partial charge in [-0.15, -0.1) is 0 Å². The molecule has 1 aliphatic heterocycles. The van der Waals surface area contributed by atoms with Gasteiger partial charge in [-0.05, 0) is 52.4 Å². The molecule has 4 aromatic rings. The lowest BCUT2D eigenvalue weighted by Crippen LogP contribution is -2.45. The van der Waals surface area contributed by atoms with Crippen LogP contribution in [0.15, 0.2) is 84.9 Å². The molecular weight excluding hydrogens is 432 g/mol. The molecule has 0 saturated heterocycles. The molecule has 4 heteroatoms. The quantitative estimate of drug-likeness (QED) is 0.358. The number of methoxy groups -OCH3 is 1. The largest absolute Gasteiger partial charge is 0.496 e. The van der Waals surface area contributed by atoms with Crippen molar-refractivity contribution in [2.75, 3.05) is 13.7 Å². The minimum Gasteiger partial charge on any atom is -0.496 e. The number of benzene rings is 4. The van der Waals surface area contributed by atoms with Crippen LogP contribution >= 0.6 is 0 Å². The lowest BCUT2D eigenvalue weighted by atomic mass is 9.79. The van der Waals surface area contributed by atoms with Crippen LogP contribution in [0, 0.1) is 16.7 Å². The van der Waals surface area contributed by atoms with Crippen molar-refractivity contribution in [3.05, 3.63) is 102 Å². The number of para-hydroxylation sites is 1. The maximum atomic E-state index is 13.9. The van der Waals surface area contributed by atoms with Crippen molar-refractivity contribution in [2.24, 2.45) is 5.41 Å². The van der Waals surface area contributed by atoms with Crippen LogP contribution in [0.25, 0.3) is 21.9 Å². The number of ether oxygens (including phenoxy) is 1. The summed E-state index contributed by atoms with van der Waals surface area (Å²) in [4.78, 5) is 15.7. The van der Waals surface area contributed by atoms with Crippen LogP contribution in [0.2, 0.25) is 0 Å². The Morgan fingerprint density at radius 3 is 2.46 bits per heavy atom. The average molecular weight is 461 g/mol. The highest BCUT2D eigenvalue weighted by Crippen LogP contribution is 2.39. The van der Waals surface area contributed by atoms with Crippen molar-refractivity contribution >= 4 is 16.7 Å². The molecule has 1 atom stereocenters. The Morgan fingerprint density at radius 2 is 1.66 bits per heavy atom. The first-order chi connectivity index (χ1) is 17.0. The van der Waals surface area contributed by atoms with Crippen LogP contribution in [-0.2, 0) is 24.2 Å². The summed E-state index contributed by atoms with van der Waals surface area (Å²) in [6.45, 7) is 2.95. The van der Waals surface area contributed by atoms with Gasteiger partial charge in [0.15, 0.2) is 0 Å². The molecular formula is C31H28N2O2. The lowest BCUT2D eigenvalue weighted by Gasteiger charge is -2.34. The van der Waals surface area contributed by atoms with Gasteiger partial charge >= 0.3 is 0 Å². The monoisotopic (exact) mass is 460 g/mol.